The van der Waals surface area contributed by atoms with E-state index in [0.29, 0.717) is 33.5 Å². The summed E-state index contributed by atoms with van der Waals surface area (Å²) in [5.74, 6) is 0.781. The van der Waals surface area contributed by atoms with E-state index in [-0.39, 0.29) is 11.4 Å². The lowest BCUT2D eigenvalue weighted by atomic mass is 10.1. The molecule has 156 valence electrons. The van der Waals surface area contributed by atoms with Crippen molar-refractivity contribution in [2.45, 2.75) is 6.92 Å². The molecule has 1 aromatic heterocycles. The van der Waals surface area contributed by atoms with Gasteiger partial charge in [-0.25, -0.2) is 4.57 Å². The standard InChI is InChI=1S/C25H22N2O4/c1-16-8-4-7-11-21(16)26-15-20-18-9-5-6-10-19(18)24(28)27(25(20)29)17-12-13-22(30-2)23(14-17)31-3/h4-15,29H,1-3H3. The maximum atomic E-state index is 13.3. The van der Waals surface area contributed by atoms with Crippen LogP contribution in [0.2, 0.25) is 0 Å². The number of benzene rings is 3. The molecule has 0 saturated carbocycles. The third-order valence-electron chi connectivity index (χ3n) is 5.18. The molecular formula is C25H22N2O4. The SMILES string of the molecule is COc1ccc(-n2c(O)c(C=Nc3ccccc3C)c3ccccc3c2=O)cc1OC. The number of hydrogen-bond acceptors (Lipinski definition) is 5. The Hall–Kier alpha value is -4.06. The van der Waals surface area contributed by atoms with Crippen LogP contribution in [0, 0.1) is 6.92 Å². The summed E-state index contributed by atoms with van der Waals surface area (Å²) in [7, 11) is 3.06. The van der Waals surface area contributed by atoms with E-state index in [4.69, 9.17) is 9.47 Å². The van der Waals surface area contributed by atoms with Crippen molar-refractivity contribution >= 4 is 22.7 Å². The molecule has 4 rings (SSSR count). The molecular weight excluding hydrogens is 392 g/mol. The monoisotopic (exact) mass is 414 g/mol. The molecule has 0 saturated heterocycles. The Bertz CT molecular complexity index is 1360. The van der Waals surface area contributed by atoms with Gasteiger partial charge in [0.05, 0.1) is 31.2 Å². The normalized spacial score (nSPS) is 11.2. The van der Waals surface area contributed by atoms with Crippen LogP contribution in [-0.2, 0) is 0 Å². The molecule has 4 aromatic rings. The topological polar surface area (TPSA) is 73.0 Å². The van der Waals surface area contributed by atoms with Crippen LogP contribution < -0.4 is 15.0 Å². The molecule has 1 N–H and O–H groups in total. The molecule has 0 aliphatic rings. The van der Waals surface area contributed by atoms with Crippen molar-refractivity contribution < 1.29 is 14.6 Å². The van der Waals surface area contributed by atoms with Gasteiger partial charge in [-0.3, -0.25) is 9.79 Å². The minimum Gasteiger partial charge on any atom is -0.494 e. The van der Waals surface area contributed by atoms with Crippen LogP contribution >= 0.6 is 0 Å². The van der Waals surface area contributed by atoms with Crippen molar-refractivity contribution in [2.75, 3.05) is 14.2 Å². The number of rotatable bonds is 5. The van der Waals surface area contributed by atoms with E-state index in [0.717, 1.165) is 11.3 Å². The molecule has 0 aliphatic heterocycles. The third kappa shape index (κ3) is 3.64. The highest BCUT2D eigenvalue weighted by atomic mass is 16.5. The largest absolute Gasteiger partial charge is 0.494 e. The van der Waals surface area contributed by atoms with Crippen LogP contribution in [0.1, 0.15) is 11.1 Å². The number of aryl methyl sites for hydroxylation is 1. The van der Waals surface area contributed by atoms with Gasteiger partial charge in [0.2, 0.25) is 5.88 Å². The Morgan fingerprint density at radius 2 is 1.58 bits per heavy atom. The lowest BCUT2D eigenvalue weighted by Crippen LogP contribution is -2.20. The fourth-order valence-corrected chi connectivity index (χ4v) is 3.54. The summed E-state index contributed by atoms with van der Waals surface area (Å²) in [6.07, 6.45) is 1.59. The molecule has 0 amide bonds. The zero-order chi connectivity index (χ0) is 22.0. The predicted octanol–water partition coefficient (Wildman–Crippen LogP) is 4.77. The maximum Gasteiger partial charge on any atom is 0.265 e. The minimum absolute atomic E-state index is 0.201. The van der Waals surface area contributed by atoms with Gasteiger partial charge >= 0.3 is 0 Å². The number of para-hydroxylation sites is 1. The number of ether oxygens (including phenoxy) is 2. The van der Waals surface area contributed by atoms with E-state index in [1.807, 2.05) is 37.3 Å². The lowest BCUT2D eigenvalue weighted by molar-refractivity contribution is 0.354. The number of hydrogen-bond donors (Lipinski definition) is 1. The highest BCUT2D eigenvalue weighted by molar-refractivity contribution is 6.02. The summed E-state index contributed by atoms with van der Waals surface area (Å²) in [6.45, 7) is 1.97. The van der Waals surface area contributed by atoms with Gasteiger partial charge in [0.15, 0.2) is 11.5 Å². The molecule has 6 heteroatoms. The number of pyridine rings is 1. The molecule has 0 radical (unpaired) electrons. The van der Waals surface area contributed by atoms with E-state index >= 15 is 0 Å². The number of methoxy groups -OCH3 is 2. The van der Waals surface area contributed by atoms with Crippen LogP contribution in [0.15, 0.2) is 76.5 Å². The minimum atomic E-state index is -0.339. The van der Waals surface area contributed by atoms with Crippen LogP contribution in [0.5, 0.6) is 17.4 Å². The first-order chi connectivity index (χ1) is 15.0. The molecule has 3 aromatic carbocycles. The van der Waals surface area contributed by atoms with Crippen molar-refractivity contribution in [1.29, 1.82) is 0 Å². The molecule has 1 heterocycles. The lowest BCUT2D eigenvalue weighted by Gasteiger charge is -2.15. The van der Waals surface area contributed by atoms with Gasteiger partial charge in [0.25, 0.3) is 5.56 Å². The van der Waals surface area contributed by atoms with Gasteiger partial charge in [0.1, 0.15) is 0 Å². The highest BCUT2D eigenvalue weighted by Gasteiger charge is 2.17. The summed E-state index contributed by atoms with van der Waals surface area (Å²) in [6, 6.07) is 19.9. The molecule has 0 atom stereocenters. The molecule has 0 spiro atoms. The van der Waals surface area contributed by atoms with E-state index in [2.05, 4.69) is 4.99 Å². The number of aromatic hydroxyl groups is 1. The average Bonchev–Trinajstić information content (AvgIpc) is 2.80. The highest BCUT2D eigenvalue weighted by Crippen LogP contribution is 2.32. The zero-order valence-corrected chi connectivity index (χ0v) is 17.5. The first kappa shape index (κ1) is 20.2. The quantitative estimate of drug-likeness (QED) is 0.477. The molecule has 6 nitrogen and oxygen atoms in total. The Morgan fingerprint density at radius 3 is 2.29 bits per heavy atom. The second-order valence-electron chi connectivity index (χ2n) is 7.01. The van der Waals surface area contributed by atoms with Gasteiger partial charge in [-0.2, -0.15) is 0 Å². The van der Waals surface area contributed by atoms with Crippen LogP contribution in [0.25, 0.3) is 16.5 Å². The smallest absolute Gasteiger partial charge is 0.265 e. The van der Waals surface area contributed by atoms with Crippen LogP contribution in [0.4, 0.5) is 5.69 Å². The number of aliphatic imine (C=N–C) groups is 1. The van der Waals surface area contributed by atoms with E-state index in [9.17, 15) is 9.90 Å². The number of nitrogens with zero attached hydrogens (tertiary/aromatic N) is 2. The predicted molar refractivity (Wildman–Crippen MR) is 123 cm³/mol. The molecule has 0 fully saturated rings. The van der Waals surface area contributed by atoms with E-state index in [1.54, 1.807) is 42.6 Å². The van der Waals surface area contributed by atoms with Crippen molar-refractivity contribution in [3.05, 3.63) is 88.2 Å². The van der Waals surface area contributed by atoms with Crippen LogP contribution in [0.3, 0.4) is 0 Å². The number of aromatic nitrogens is 1. The van der Waals surface area contributed by atoms with E-state index in [1.165, 1.54) is 18.8 Å². The molecule has 31 heavy (non-hydrogen) atoms. The van der Waals surface area contributed by atoms with Gasteiger partial charge in [-0.05, 0) is 36.8 Å². The van der Waals surface area contributed by atoms with Gasteiger partial charge in [-0.1, -0.05) is 36.4 Å². The van der Waals surface area contributed by atoms with Crippen molar-refractivity contribution in [1.82, 2.24) is 4.57 Å². The van der Waals surface area contributed by atoms with Gasteiger partial charge < -0.3 is 14.6 Å². The second-order valence-corrected chi connectivity index (χ2v) is 7.01. The zero-order valence-electron chi connectivity index (χ0n) is 17.5. The van der Waals surface area contributed by atoms with Crippen molar-refractivity contribution in [3.8, 4) is 23.1 Å². The van der Waals surface area contributed by atoms with Gasteiger partial charge in [0, 0.05) is 23.1 Å². The first-order valence-electron chi connectivity index (χ1n) is 9.74. The first-order valence-corrected chi connectivity index (χ1v) is 9.74. The Labute approximate surface area is 179 Å². The summed E-state index contributed by atoms with van der Waals surface area (Å²) >= 11 is 0. The molecule has 0 bridgehead atoms. The Balaban J connectivity index is 1.98. The average molecular weight is 414 g/mol. The summed E-state index contributed by atoms with van der Waals surface area (Å²) < 4.78 is 11.9. The molecule has 0 unspecified atom stereocenters. The second kappa shape index (κ2) is 8.36. The summed E-state index contributed by atoms with van der Waals surface area (Å²) in [5.41, 5.74) is 2.36. The fraction of sp³-hybridized carbons (Fsp3) is 0.120. The van der Waals surface area contributed by atoms with Crippen LogP contribution in [-0.4, -0.2) is 30.1 Å². The van der Waals surface area contributed by atoms with Crippen molar-refractivity contribution in [3.63, 3.8) is 0 Å². The summed E-state index contributed by atoms with van der Waals surface area (Å²) in [5, 5.41) is 12.3. The maximum absolute atomic E-state index is 13.3. The fourth-order valence-electron chi connectivity index (χ4n) is 3.54. The van der Waals surface area contributed by atoms with Gasteiger partial charge in [-0.15, -0.1) is 0 Å². The Kier molecular flexibility index (Phi) is 5.45. The summed E-state index contributed by atoms with van der Waals surface area (Å²) in [4.78, 5) is 17.8. The number of fused-ring (bicyclic) bond motifs is 1. The molecule has 0 aliphatic carbocycles. The van der Waals surface area contributed by atoms with Crippen molar-refractivity contribution in [2.24, 2.45) is 4.99 Å². The van der Waals surface area contributed by atoms with E-state index < -0.39 is 0 Å². The third-order valence-corrected chi connectivity index (χ3v) is 5.18. The Morgan fingerprint density at radius 1 is 0.903 bits per heavy atom.